The maximum absolute atomic E-state index is 11.7. The minimum atomic E-state index is -5.08. The van der Waals surface area contributed by atoms with Crippen LogP contribution in [0.25, 0.3) is 0 Å². The number of carboxylic acid groups (broad SMARTS) is 1. The second-order valence-corrected chi connectivity index (χ2v) is 8.44. The number of piperidine rings is 1. The fourth-order valence-corrected chi connectivity index (χ4v) is 4.21. The third-order valence-electron chi connectivity index (χ3n) is 4.54. The molecule has 0 aromatic carbocycles. The van der Waals surface area contributed by atoms with Crippen LogP contribution in [0, 0.1) is 5.92 Å². The first kappa shape index (κ1) is 20.7. The highest BCUT2D eigenvalue weighted by molar-refractivity contribution is 7.88. The molecule has 148 valence electrons. The first-order valence-corrected chi connectivity index (χ1v) is 9.83. The maximum Gasteiger partial charge on any atom is 0.490 e. The third-order valence-corrected chi connectivity index (χ3v) is 5.78. The summed E-state index contributed by atoms with van der Waals surface area (Å²) in [6.07, 6.45) is 1.97. The summed E-state index contributed by atoms with van der Waals surface area (Å²) in [5.74, 6) is -2.28. The average Bonchev–Trinajstić information content (AvgIpc) is 3.15. The molecule has 1 aromatic rings. The van der Waals surface area contributed by atoms with Crippen molar-refractivity contribution >= 4 is 16.0 Å². The van der Waals surface area contributed by atoms with Crippen molar-refractivity contribution < 1.29 is 35.9 Å². The van der Waals surface area contributed by atoms with Gasteiger partial charge in [-0.3, -0.25) is 4.90 Å². The number of rotatable bonds is 3. The first-order valence-electron chi connectivity index (χ1n) is 7.99. The number of halogens is 3. The molecule has 2 aliphatic heterocycles. The quantitative estimate of drug-likeness (QED) is 0.835. The zero-order valence-electron chi connectivity index (χ0n) is 14.1. The molecule has 26 heavy (non-hydrogen) atoms. The molecule has 0 aliphatic carbocycles. The van der Waals surface area contributed by atoms with Crippen LogP contribution in [0.2, 0.25) is 0 Å². The lowest BCUT2D eigenvalue weighted by atomic mass is 9.92. The molecule has 2 aliphatic rings. The second-order valence-electron chi connectivity index (χ2n) is 6.45. The van der Waals surface area contributed by atoms with Crippen molar-refractivity contribution in [1.82, 2.24) is 9.21 Å². The summed E-state index contributed by atoms with van der Waals surface area (Å²) in [5.41, 5.74) is 1.17. The normalized spacial score (nSPS) is 24.6. The molecule has 0 radical (unpaired) electrons. The lowest BCUT2D eigenvalue weighted by Gasteiger charge is -2.36. The Morgan fingerprint density at radius 3 is 2.54 bits per heavy atom. The van der Waals surface area contributed by atoms with Crippen LogP contribution in [0.3, 0.4) is 0 Å². The number of likely N-dealkylation sites (tertiary alicyclic amines) is 1. The van der Waals surface area contributed by atoms with Gasteiger partial charge in [0.05, 0.1) is 18.8 Å². The molecule has 1 N–H and O–H groups in total. The van der Waals surface area contributed by atoms with Crippen molar-refractivity contribution in [2.24, 2.45) is 5.92 Å². The summed E-state index contributed by atoms with van der Waals surface area (Å²) in [7, 11) is -3.06. The second kappa shape index (κ2) is 7.97. The van der Waals surface area contributed by atoms with E-state index < -0.39 is 22.2 Å². The molecule has 0 amide bonds. The van der Waals surface area contributed by atoms with E-state index in [1.165, 1.54) is 11.8 Å². The van der Waals surface area contributed by atoms with Gasteiger partial charge in [-0.25, -0.2) is 17.5 Å². The molecule has 3 heterocycles. The van der Waals surface area contributed by atoms with E-state index in [4.69, 9.17) is 14.3 Å². The number of aliphatic carboxylic acids is 1. The van der Waals surface area contributed by atoms with Gasteiger partial charge in [-0.05, 0) is 31.4 Å². The standard InChI is InChI=1S/C13H20N2O3S.C2HF3O2/c1-19(16,17)15-8-12-3-2-5-14(13(12)9-15)7-11-4-6-18-10-11;3-2(4,5)1(6)7/h4,6,10,12-13H,2-3,5,7-9H2,1H3;(H,6,7)/t12-,13+;/m1./s1. The lowest BCUT2D eigenvalue weighted by molar-refractivity contribution is -0.192. The highest BCUT2D eigenvalue weighted by atomic mass is 32.2. The highest BCUT2D eigenvalue weighted by Gasteiger charge is 2.41. The van der Waals surface area contributed by atoms with E-state index in [1.807, 2.05) is 6.07 Å². The van der Waals surface area contributed by atoms with Gasteiger partial charge in [0, 0.05) is 31.2 Å². The van der Waals surface area contributed by atoms with E-state index >= 15 is 0 Å². The number of furan rings is 1. The molecule has 2 fully saturated rings. The summed E-state index contributed by atoms with van der Waals surface area (Å²) in [6.45, 7) is 3.23. The molecule has 0 saturated carbocycles. The fourth-order valence-electron chi connectivity index (χ4n) is 3.32. The van der Waals surface area contributed by atoms with Crippen molar-refractivity contribution in [3.05, 3.63) is 24.2 Å². The maximum atomic E-state index is 11.7. The van der Waals surface area contributed by atoms with Gasteiger partial charge in [0.15, 0.2) is 0 Å². The minimum absolute atomic E-state index is 0.360. The van der Waals surface area contributed by atoms with Crippen LogP contribution in [0.4, 0.5) is 13.2 Å². The molecule has 2 atom stereocenters. The molecule has 0 spiro atoms. The molecular formula is C15H21F3N2O5S. The molecule has 7 nitrogen and oxygen atoms in total. The van der Waals surface area contributed by atoms with Gasteiger partial charge in [0.1, 0.15) is 0 Å². The number of carboxylic acids is 1. The van der Waals surface area contributed by atoms with Gasteiger partial charge in [-0.2, -0.15) is 13.2 Å². The van der Waals surface area contributed by atoms with Crippen molar-refractivity contribution in [3.63, 3.8) is 0 Å². The average molecular weight is 398 g/mol. The van der Waals surface area contributed by atoms with Gasteiger partial charge >= 0.3 is 12.1 Å². The number of nitrogens with zero attached hydrogens (tertiary/aromatic N) is 2. The Bertz CT molecular complexity index is 705. The molecule has 0 bridgehead atoms. The minimum Gasteiger partial charge on any atom is -0.475 e. The molecule has 3 rings (SSSR count). The van der Waals surface area contributed by atoms with Crippen molar-refractivity contribution in [3.8, 4) is 0 Å². The van der Waals surface area contributed by atoms with Crippen LogP contribution < -0.4 is 0 Å². The summed E-state index contributed by atoms with van der Waals surface area (Å²) >= 11 is 0. The Balaban J connectivity index is 0.000000298. The number of hydrogen-bond donors (Lipinski definition) is 1. The Morgan fingerprint density at radius 2 is 2.04 bits per heavy atom. The Hall–Kier alpha value is -1.59. The SMILES string of the molecule is CS(=O)(=O)N1C[C@H]2CCCN(Cc3ccoc3)[C@H]2C1.O=C(O)C(F)(F)F. The van der Waals surface area contributed by atoms with Gasteiger partial charge in [0.2, 0.25) is 10.0 Å². The van der Waals surface area contributed by atoms with Crippen LogP contribution in [-0.4, -0.2) is 66.8 Å². The van der Waals surface area contributed by atoms with Gasteiger partial charge in [-0.1, -0.05) is 0 Å². The van der Waals surface area contributed by atoms with Crippen LogP contribution in [-0.2, 0) is 21.4 Å². The zero-order valence-corrected chi connectivity index (χ0v) is 15.0. The van der Waals surface area contributed by atoms with Crippen molar-refractivity contribution in [1.29, 1.82) is 0 Å². The van der Waals surface area contributed by atoms with Gasteiger partial charge in [-0.15, -0.1) is 0 Å². The van der Waals surface area contributed by atoms with Gasteiger partial charge in [0.25, 0.3) is 0 Å². The van der Waals surface area contributed by atoms with Crippen molar-refractivity contribution in [2.75, 3.05) is 25.9 Å². The number of sulfonamides is 1. The molecule has 0 unspecified atom stereocenters. The molecule has 1 aromatic heterocycles. The van der Waals surface area contributed by atoms with Crippen LogP contribution in [0.5, 0.6) is 0 Å². The van der Waals surface area contributed by atoms with Crippen LogP contribution in [0.15, 0.2) is 23.0 Å². The van der Waals surface area contributed by atoms with E-state index in [0.29, 0.717) is 25.0 Å². The van der Waals surface area contributed by atoms with E-state index in [-0.39, 0.29) is 0 Å². The predicted molar refractivity (Wildman–Crippen MR) is 85.7 cm³/mol. The monoisotopic (exact) mass is 398 g/mol. The number of alkyl halides is 3. The topological polar surface area (TPSA) is 91.1 Å². The molecule has 2 saturated heterocycles. The largest absolute Gasteiger partial charge is 0.490 e. The van der Waals surface area contributed by atoms with Crippen LogP contribution in [0.1, 0.15) is 18.4 Å². The number of carbonyl (C=O) groups is 1. The van der Waals surface area contributed by atoms with E-state index in [0.717, 1.165) is 25.9 Å². The smallest absolute Gasteiger partial charge is 0.475 e. The Labute approximate surface area is 149 Å². The summed E-state index contributed by atoms with van der Waals surface area (Å²) in [4.78, 5) is 11.3. The zero-order chi connectivity index (χ0) is 19.5. The molecular weight excluding hydrogens is 377 g/mol. The predicted octanol–water partition coefficient (Wildman–Crippen LogP) is 1.77. The summed E-state index contributed by atoms with van der Waals surface area (Å²) in [6, 6.07) is 2.34. The van der Waals surface area contributed by atoms with Crippen LogP contribution >= 0.6 is 0 Å². The summed E-state index contributed by atoms with van der Waals surface area (Å²) in [5, 5.41) is 7.12. The van der Waals surface area contributed by atoms with E-state index in [2.05, 4.69) is 4.90 Å². The van der Waals surface area contributed by atoms with Crippen molar-refractivity contribution in [2.45, 2.75) is 31.6 Å². The first-order chi connectivity index (χ1) is 12.0. The van der Waals surface area contributed by atoms with E-state index in [1.54, 1.807) is 16.8 Å². The highest BCUT2D eigenvalue weighted by Crippen LogP contribution is 2.32. The number of hydrogen-bond acceptors (Lipinski definition) is 5. The fraction of sp³-hybridized carbons (Fsp3) is 0.667. The van der Waals surface area contributed by atoms with E-state index in [9.17, 15) is 21.6 Å². The van der Waals surface area contributed by atoms with Gasteiger partial charge < -0.3 is 9.52 Å². The molecule has 11 heteroatoms. The summed E-state index contributed by atoms with van der Waals surface area (Å²) < 4.78 is 61.9. The lowest BCUT2D eigenvalue weighted by Crippen LogP contribution is -2.44. The Morgan fingerprint density at radius 1 is 1.38 bits per heavy atom. The number of fused-ring (bicyclic) bond motifs is 1. The Kier molecular flexibility index (Phi) is 6.35. The third kappa shape index (κ3) is 5.45.